The van der Waals surface area contributed by atoms with Crippen molar-refractivity contribution in [2.45, 2.75) is 6.54 Å². The van der Waals surface area contributed by atoms with Gasteiger partial charge >= 0.3 is 0 Å². The number of methoxy groups -OCH3 is 1. The third kappa shape index (κ3) is 2.70. The molecule has 0 spiro atoms. The van der Waals surface area contributed by atoms with Crippen LogP contribution in [-0.4, -0.2) is 17.1 Å². The van der Waals surface area contributed by atoms with Gasteiger partial charge in [0, 0.05) is 17.6 Å². The first-order chi connectivity index (χ1) is 9.74. The van der Waals surface area contributed by atoms with E-state index < -0.39 is 0 Å². The molecule has 2 aromatic carbocycles. The molecule has 0 aliphatic heterocycles. The lowest BCUT2D eigenvalue weighted by molar-refractivity contribution is 0.415. The van der Waals surface area contributed by atoms with Crippen LogP contribution in [0.25, 0.3) is 11.0 Å². The fourth-order valence-electron chi connectivity index (χ4n) is 2.03. The number of anilines is 1. The van der Waals surface area contributed by atoms with Gasteiger partial charge in [0.05, 0.1) is 18.1 Å². The maximum Gasteiger partial charge on any atom is 0.201 e. The molecule has 102 valence electrons. The summed E-state index contributed by atoms with van der Waals surface area (Å²) in [5, 5.41) is 3.98. The molecule has 0 bridgehead atoms. The standard InChI is InChI=1S/C15H14ClN3O/c1-20-12-5-6-13-14(8-12)19-15(18-13)17-9-10-3-2-4-11(16)7-10/h2-8H,9H2,1H3,(H2,17,18,19). The van der Waals surface area contributed by atoms with Gasteiger partial charge in [-0.3, -0.25) is 0 Å². The Morgan fingerprint density at radius 2 is 2.15 bits per heavy atom. The number of hydrogen-bond acceptors (Lipinski definition) is 3. The largest absolute Gasteiger partial charge is 0.497 e. The van der Waals surface area contributed by atoms with Crippen molar-refractivity contribution < 1.29 is 4.74 Å². The van der Waals surface area contributed by atoms with Crippen molar-refractivity contribution in [1.82, 2.24) is 9.97 Å². The van der Waals surface area contributed by atoms with Crippen LogP contribution in [0.4, 0.5) is 5.95 Å². The van der Waals surface area contributed by atoms with Crippen molar-refractivity contribution in [3.05, 3.63) is 53.1 Å². The second-order valence-electron chi connectivity index (χ2n) is 4.45. The van der Waals surface area contributed by atoms with Gasteiger partial charge in [0.1, 0.15) is 5.75 Å². The van der Waals surface area contributed by atoms with E-state index in [2.05, 4.69) is 15.3 Å². The van der Waals surface area contributed by atoms with Crippen molar-refractivity contribution in [1.29, 1.82) is 0 Å². The van der Waals surface area contributed by atoms with Gasteiger partial charge in [0.25, 0.3) is 0 Å². The van der Waals surface area contributed by atoms with Gasteiger partial charge in [0.2, 0.25) is 5.95 Å². The Hall–Kier alpha value is -2.20. The number of H-pyrrole nitrogens is 1. The zero-order valence-corrected chi connectivity index (χ0v) is 11.7. The number of nitrogens with one attached hydrogen (secondary N) is 2. The molecular formula is C15H14ClN3O. The van der Waals surface area contributed by atoms with Crippen molar-refractivity contribution in [2.75, 3.05) is 12.4 Å². The minimum atomic E-state index is 0.664. The highest BCUT2D eigenvalue weighted by molar-refractivity contribution is 6.30. The van der Waals surface area contributed by atoms with E-state index in [9.17, 15) is 0 Å². The van der Waals surface area contributed by atoms with Crippen molar-refractivity contribution >= 4 is 28.6 Å². The van der Waals surface area contributed by atoms with Crippen LogP contribution in [0, 0.1) is 0 Å². The molecule has 0 saturated heterocycles. The van der Waals surface area contributed by atoms with Crippen LogP contribution in [0.5, 0.6) is 5.75 Å². The Morgan fingerprint density at radius 3 is 2.95 bits per heavy atom. The molecule has 20 heavy (non-hydrogen) atoms. The predicted octanol–water partition coefficient (Wildman–Crippen LogP) is 3.84. The normalized spacial score (nSPS) is 10.7. The molecule has 0 radical (unpaired) electrons. The number of aromatic nitrogens is 2. The van der Waals surface area contributed by atoms with Crippen LogP contribution >= 0.6 is 11.6 Å². The van der Waals surface area contributed by atoms with Crippen LogP contribution in [0.2, 0.25) is 5.02 Å². The van der Waals surface area contributed by atoms with Crippen molar-refractivity contribution in [2.24, 2.45) is 0 Å². The Labute approximate surface area is 121 Å². The topological polar surface area (TPSA) is 49.9 Å². The SMILES string of the molecule is COc1ccc2nc(NCc3cccc(Cl)c3)[nH]c2c1. The van der Waals surface area contributed by atoms with E-state index in [4.69, 9.17) is 16.3 Å². The summed E-state index contributed by atoms with van der Waals surface area (Å²) in [5.41, 5.74) is 2.95. The Bertz CT molecular complexity index is 739. The summed E-state index contributed by atoms with van der Waals surface area (Å²) in [7, 11) is 1.65. The second-order valence-corrected chi connectivity index (χ2v) is 4.89. The van der Waals surface area contributed by atoms with Crippen LogP contribution in [-0.2, 0) is 6.54 Å². The maximum absolute atomic E-state index is 5.96. The van der Waals surface area contributed by atoms with Crippen molar-refractivity contribution in [3.8, 4) is 5.75 Å². The molecule has 1 aromatic heterocycles. The molecule has 0 fully saturated rings. The summed E-state index contributed by atoms with van der Waals surface area (Å²) in [5.74, 6) is 1.54. The minimum Gasteiger partial charge on any atom is -0.497 e. The monoisotopic (exact) mass is 287 g/mol. The van der Waals surface area contributed by atoms with Crippen molar-refractivity contribution in [3.63, 3.8) is 0 Å². The highest BCUT2D eigenvalue weighted by atomic mass is 35.5. The Morgan fingerprint density at radius 1 is 1.25 bits per heavy atom. The number of benzene rings is 2. The summed E-state index contributed by atoms with van der Waals surface area (Å²) in [6.45, 7) is 0.664. The van der Waals surface area contributed by atoms with E-state index in [0.29, 0.717) is 6.54 Å². The maximum atomic E-state index is 5.96. The Balaban J connectivity index is 1.77. The van der Waals surface area contributed by atoms with Crippen LogP contribution in [0.1, 0.15) is 5.56 Å². The minimum absolute atomic E-state index is 0.664. The van der Waals surface area contributed by atoms with Gasteiger partial charge < -0.3 is 15.0 Å². The molecule has 0 aliphatic rings. The third-order valence-electron chi connectivity index (χ3n) is 3.04. The first-order valence-corrected chi connectivity index (χ1v) is 6.64. The van der Waals surface area contributed by atoms with E-state index >= 15 is 0 Å². The number of aromatic amines is 1. The molecule has 5 heteroatoms. The van der Waals surface area contributed by atoms with Gasteiger partial charge in [0.15, 0.2) is 0 Å². The quantitative estimate of drug-likeness (QED) is 0.766. The molecule has 3 aromatic rings. The average Bonchev–Trinajstić information content (AvgIpc) is 2.87. The predicted molar refractivity (Wildman–Crippen MR) is 81.4 cm³/mol. The highest BCUT2D eigenvalue weighted by Crippen LogP contribution is 2.20. The number of halogens is 1. The molecule has 0 unspecified atom stereocenters. The lowest BCUT2D eigenvalue weighted by Crippen LogP contribution is -2.00. The molecule has 0 aliphatic carbocycles. The molecule has 0 amide bonds. The van der Waals surface area contributed by atoms with E-state index in [1.165, 1.54) is 0 Å². The molecule has 2 N–H and O–H groups in total. The zero-order chi connectivity index (χ0) is 13.9. The summed E-state index contributed by atoms with van der Waals surface area (Å²) in [6, 6.07) is 13.5. The van der Waals surface area contributed by atoms with Gasteiger partial charge in [-0.15, -0.1) is 0 Å². The number of rotatable bonds is 4. The number of fused-ring (bicyclic) bond motifs is 1. The third-order valence-corrected chi connectivity index (χ3v) is 3.27. The summed E-state index contributed by atoms with van der Waals surface area (Å²) in [6.07, 6.45) is 0. The summed E-state index contributed by atoms with van der Waals surface area (Å²) in [4.78, 5) is 7.69. The van der Waals surface area contributed by atoms with Gasteiger partial charge in [-0.25, -0.2) is 4.98 Å². The van der Waals surface area contributed by atoms with Gasteiger partial charge in [-0.2, -0.15) is 0 Å². The molecule has 0 saturated carbocycles. The summed E-state index contributed by atoms with van der Waals surface area (Å²) < 4.78 is 5.19. The second kappa shape index (κ2) is 5.43. The van der Waals surface area contributed by atoms with E-state index in [1.807, 2.05) is 42.5 Å². The summed E-state index contributed by atoms with van der Waals surface area (Å²) >= 11 is 5.96. The van der Waals surface area contributed by atoms with Crippen LogP contribution in [0.15, 0.2) is 42.5 Å². The smallest absolute Gasteiger partial charge is 0.201 e. The van der Waals surface area contributed by atoms with Crippen LogP contribution < -0.4 is 10.1 Å². The lowest BCUT2D eigenvalue weighted by Gasteiger charge is -2.03. The van der Waals surface area contributed by atoms with E-state index in [1.54, 1.807) is 7.11 Å². The number of hydrogen-bond donors (Lipinski definition) is 2. The number of nitrogens with zero attached hydrogens (tertiary/aromatic N) is 1. The molecule has 1 heterocycles. The number of imidazole rings is 1. The van der Waals surface area contributed by atoms with Gasteiger partial charge in [-0.1, -0.05) is 23.7 Å². The molecule has 0 atom stereocenters. The number of ether oxygens (including phenoxy) is 1. The first kappa shape index (κ1) is 12.8. The highest BCUT2D eigenvalue weighted by Gasteiger charge is 2.04. The zero-order valence-electron chi connectivity index (χ0n) is 11.0. The molecule has 3 rings (SSSR count). The Kier molecular flexibility index (Phi) is 3.48. The molecule has 4 nitrogen and oxygen atoms in total. The fraction of sp³-hybridized carbons (Fsp3) is 0.133. The average molecular weight is 288 g/mol. The van der Waals surface area contributed by atoms with E-state index in [-0.39, 0.29) is 0 Å². The van der Waals surface area contributed by atoms with Gasteiger partial charge in [-0.05, 0) is 29.8 Å². The first-order valence-electron chi connectivity index (χ1n) is 6.27. The molecular weight excluding hydrogens is 274 g/mol. The van der Waals surface area contributed by atoms with Crippen LogP contribution in [0.3, 0.4) is 0 Å². The fourth-order valence-corrected chi connectivity index (χ4v) is 2.25. The van der Waals surface area contributed by atoms with E-state index in [0.717, 1.165) is 33.3 Å². The lowest BCUT2D eigenvalue weighted by atomic mass is 10.2.